The zero-order chi connectivity index (χ0) is 15.0. The van der Waals surface area contributed by atoms with Crippen molar-refractivity contribution in [1.29, 1.82) is 0 Å². The van der Waals surface area contributed by atoms with Crippen molar-refractivity contribution in [3.8, 4) is 11.3 Å². The van der Waals surface area contributed by atoms with Gasteiger partial charge in [-0.3, -0.25) is 0 Å². The van der Waals surface area contributed by atoms with Crippen LogP contribution in [0.25, 0.3) is 11.3 Å². The van der Waals surface area contributed by atoms with Gasteiger partial charge in [0.15, 0.2) is 0 Å². The molecule has 5 nitrogen and oxygen atoms in total. The maximum Gasteiger partial charge on any atom is 0.214 e. The van der Waals surface area contributed by atoms with Crippen LogP contribution in [0.15, 0.2) is 30.7 Å². The Bertz CT molecular complexity index is 736. The van der Waals surface area contributed by atoms with E-state index in [1.165, 1.54) is 11.1 Å². The number of aromatic amines is 1. The van der Waals surface area contributed by atoms with E-state index in [1.807, 2.05) is 12.3 Å². The lowest BCUT2D eigenvalue weighted by atomic mass is 10.1. The highest BCUT2D eigenvalue weighted by Crippen LogP contribution is 2.27. The van der Waals surface area contributed by atoms with E-state index in [9.17, 15) is 8.42 Å². The Morgan fingerprint density at radius 2 is 2.05 bits per heavy atom. The Morgan fingerprint density at radius 3 is 2.71 bits per heavy atom. The van der Waals surface area contributed by atoms with Crippen LogP contribution >= 0.6 is 0 Å². The number of imidazole rings is 1. The summed E-state index contributed by atoms with van der Waals surface area (Å²) in [5.74, 6) is 0. The molecule has 0 spiro atoms. The van der Waals surface area contributed by atoms with Gasteiger partial charge in [0.05, 0.1) is 17.3 Å². The van der Waals surface area contributed by atoms with Gasteiger partial charge in [-0.15, -0.1) is 0 Å². The van der Waals surface area contributed by atoms with Gasteiger partial charge in [0, 0.05) is 17.8 Å². The minimum absolute atomic E-state index is 0.0400. The van der Waals surface area contributed by atoms with E-state index in [0.29, 0.717) is 0 Å². The molecule has 1 aromatic heterocycles. The maximum absolute atomic E-state index is 12.0. The van der Waals surface area contributed by atoms with Gasteiger partial charge in [-0.1, -0.05) is 12.1 Å². The summed E-state index contributed by atoms with van der Waals surface area (Å²) in [7, 11) is -3.22. The molecule has 1 aliphatic rings. The predicted octanol–water partition coefficient (Wildman–Crippen LogP) is 1.87. The standard InChI is InChI=1S/C15H19N3O2S/c1-10(2)21(19,20)18-14-6-11-3-4-12(5-13(11)7-14)15-8-16-9-17-15/h3-5,8-10,14,18H,6-7H2,1-2H3,(H,16,17). The number of fused-ring (bicyclic) bond motifs is 1. The van der Waals surface area contributed by atoms with E-state index in [0.717, 1.165) is 24.1 Å². The zero-order valence-corrected chi connectivity index (χ0v) is 12.9. The summed E-state index contributed by atoms with van der Waals surface area (Å²) in [4.78, 5) is 7.19. The molecule has 1 aliphatic carbocycles. The average Bonchev–Trinajstić information content (AvgIpc) is 3.05. The number of sulfonamides is 1. The molecular formula is C15H19N3O2S. The van der Waals surface area contributed by atoms with Crippen molar-refractivity contribution in [2.24, 2.45) is 0 Å². The highest BCUT2D eigenvalue weighted by Gasteiger charge is 2.27. The Kier molecular flexibility index (Phi) is 3.59. The molecule has 1 heterocycles. The second kappa shape index (κ2) is 5.27. The Labute approximate surface area is 124 Å². The number of rotatable bonds is 4. The molecular weight excluding hydrogens is 286 g/mol. The largest absolute Gasteiger partial charge is 0.351 e. The molecule has 21 heavy (non-hydrogen) atoms. The van der Waals surface area contributed by atoms with Crippen LogP contribution in [-0.2, 0) is 22.9 Å². The third kappa shape index (κ3) is 2.87. The minimum Gasteiger partial charge on any atom is -0.351 e. The smallest absolute Gasteiger partial charge is 0.214 e. The first-order valence-corrected chi connectivity index (χ1v) is 8.62. The number of hydrogen-bond acceptors (Lipinski definition) is 3. The highest BCUT2D eigenvalue weighted by molar-refractivity contribution is 7.90. The summed E-state index contributed by atoms with van der Waals surface area (Å²) < 4.78 is 26.7. The maximum atomic E-state index is 12.0. The van der Waals surface area contributed by atoms with Crippen molar-refractivity contribution >= 4 is 10.0 Å². The van der Waals surface area contributed by atoms with E-state index in [-0.39, 0.29) is 6.04 Å². The lowest BCUT2D eigenvalue weighted by Crippen LogP contribution is -2.39. The van der Waals surface area contributed by atoms with Crippen molar-refractivity contribution in [3.63, 3.8) is 0 Å². The molecule has 0 fully saturated rings. The molecule has 112 valence electrons. The van der Waals surface area contributed by atoms with Gasteiger partial charge in [0.25, 0.3) is 0 Å². The number of hydrogen-bond donors (Lipinski definition) is 2. The molecule has 0 saturated carbocycles. The molecule has 0 saturated heterocycles. The molecule has 0 radical (unpaired) electrons. The topological polar surface area (TPSA) is 74.8 Å². The first-order chi connectivity index (χ1) is 9.95. The first-order valence-electron chi connectivity index (χ1n) is 7.08. The van der Waals surface area contributed by atoms with E-state index in [1.54, 1.807) is 20.2 Å². The van der Waals surface area contributed by atoms with Crippen LogP contribution in [0.4, 0.5) is 0 Å². The zero-order valence-electron chi connectivity index (χ0n) is 12.1. The quantitative estimate of drug-likeness (QED) is 0.905. The molecule has 1 atom stereocenters. The van der Waals surface area contributed by atoms with Gasteiger partial charge >= 0.3 is 0 Å². The van der Waals surface area contributed by atoms with E-state index < -0.39 is 15.3 Å². The Morgan fingerprint density at radius 1 is 1.29 bits per heavy atom. The van der Waals surface area contributed by atoms with Gasteiger partial charge in [0.1, 0.15) is 0 Å². The Hall–Kier alpha value is -1.66. The van der Waals surface area contributed by atoms with Gasteiger partial charge in [-0.05, 0) is 43.9 Å². The van der Waals surface area contributed by atoms with Crippen LogP contribution < -0.4 is 4.72 Å². The monoisotopic (exact) mass is 305 g/mol. The lowest BCUT2D eigenvalue weighted by Gasteiger charge is -2.14. The predicted molar refractivity (Wildman–Crippen MR) is 82.4 cm³/mol. The van der Waals surface area contributed by atoms with Crippen molar-refractivity contribution in [1.82, 2.24) is 14.7 Å². The highest BCUT2D eigenvalue weighted by atomic mass is 32.2. The fraction of sp³-hybridized carbons (Fsp3) is 0.400. The number of benzene rings is 1. The average molecular weight is 305 g/mol. The molecule has 6 heteroatoms. The summed E-state index contributed by atoms with van der Waals surface area (Å²) >= 11 is 0. The number of H-pyrrole nitrogens is 1. The molecule has 1 aromatic carbocycles. The fourth-order valence-electron chi connectivity index (χ4n) is 2.65. The molecule has 0 amide bonds. The number of aromatic nitrogens is 2. The molecule has 1 unspecified atom stereocenters. The van der Waals surface area contributed by atoms with Gasteiger partial charge in [-0.25, -0.2) is 18.1 Å². The van der Waals surface area contributed by atoms with Crippen LogP contribution in [0.1, 0.15) is 25.0 Å². The normalized spacial score (nSPS) is 18.1. The second-order valence-corrected chi connectivity index (χ2v) is 8.02. The number of nitrogens with zero attached hydrogens (tertiary/aromatic N) is 1. The van der Waals surface area contributed by atoms with Gasteiger partial charge in [-0.2, -0.15) is 0 Å². The van der Waals surface area contributed by atoms with Crippen molar-refractivity contribution in [2.45, 2.75) is 38.0 Å². The van der Waals surface area contributed by atoms with Crippen LogP contribution in [0, 0.1) is 0 Å². The van der Waals surface area contributed by atoms with Gasteiger partial charge in [0.2, 0.25) is 10.0 Å². The van der Waals surface area contributed by atoms with E-state index in [2.05, 4.69) is 26.8 Å². The number of nitrogens with one attached hydrogen (secondary N) is 2. The lowest BCUT2D eigenvalue weighted by molar-refractivity contribution is 0.547. The van der Waals surface area contributed by atoms with Crippen molar-refractivity contribution in [3.05, 3.63) is 41.9 Å². The SMILES string of the molecule is CC(C)S(=O)(=O)NC1Cc2ccc(-c3c[nH]cn3)cc2C1. The van der Waals surface area contributed by atoms with Crippen molar-refractivity contribution in [2.75, 3.05) is 0 Å². The second-order valence-electron chi connectivity index (χ2n) is 5.75. The summed E-state index contributed by atoms with van der Waals surface area (Å²) in [6, 6.07) is 6.17. The minimum atomic E-state index is -3.22. The van der Waals surface area contributed by atoms with E-state index in [4.69, 9.17) is 0 Å². The molecule has 0 bridgehead atoms. The van der Waals surface area contributed by atoms with Crippen LogP contribution in [0.2, 0.25) is 0 Å². The Balaban J connectivity index is 1.79. The summed E-state index contributed by atoms with van der Waals surface area (Å²) in [5, 5.41) is -0.402. The van der Waals surface area contributed by atoms with Crippen LogP contribution in [-0.4, -0.2) is 29.7 Å². The summed E-state index contributed by atoms with van der Waals surface area (Å²) in [5.41, 5.74) is 4.38. The molecule has 3 rings (SSSR count). The third-order valence-electron chi connectivity index (χ3n) is 3.88. The van der Waals surface area contributed by atoms with Gasteiger partial charge < -0.3 is 4.98 Å². The molecule has 0 aliphatic heterocycles. The fourth-order valence-corrected chi connectivity index (χ4v) is 3.55. The molecule has 2 aromatic rings. The van der Waals surface area contributed by atoms with Crippen LogP contribution in [0.3, 0.4) is 0 Å². The summed E-state index contributed by atoms with van der Waals surface area (Å²) in [6.07, 6.45) is 5.00. The van der Waals surface area contributed by atoms with Crippen LogP contribution in [0.5, 0.6) is 0 Å². The van der Waals surface area contributed by atoms with Crippen molar-refractivity contribution < 1.29 is 8.42 Å². The molecule has 2 N–H and O–H groups in total. The first kappa shape index (κ1) is 14.3. The summed E-state index contributed by atoms with van der Waals surface area (Å²) in [6.45, 7) is 3.39. The van der Waals surface area contributed by atoms with E-state index >= 15 is 0 Å². The third-order valence-corrected chi connectivity index (χ3v) is 5.79.